The Kier molecular flexibility index (Phi) is 9.32. The van der Waals surface area contributed by atoms with Crippen molar-refractivity contribution in [2.75, 3.05) is 18.0 Å². The van der Waals surface area contributed by atoms with Gasteiger partial charge >= 0.3 is 0 Å². The van der Waals surface area contributed by atoms with Crippen LogP contribution < -0.4 is 10.2 Å². The molecule has 40 heavy (non-hydrogen) atoms. The summed E-state index contributed by atoms with van der Waals surface area (Å²) in [5, 5.41) is 3.83. The van der Waals surface area contributed by atoms with E-state index in [4.69, 9.17) is 9.40 Å². The van der Waals surface area contributed by atoms with Crippen molar-refractivity contribution < 1.29 is 13.6 Å². The number of nitrogens with zero attached hydrogens (tertiary/aromatic N) is 3. The molecule has 0 fully saturated rings. The molecule has 3 aromatic carbocycles. The molecule has 2 aromatic heterocycles. The molecule has 0 saturated carbocycles. The monoisotopic (exact) mass is 554 g/mol. The van der Waals surface area contributed by atoms with E-state index < -0.39 is 0 Å². The van der Waals surface area contributed by atoms with Crippen LogP contribution in [0.15, 0.2) is 108 Å². The van der Waals surface area contributed by atoms with E-state index in [0.29, 0.717) is 38.3 Å². The molecular weight excluding hydrogens is 523 g/mol. The van der Waals surface area contributed by atoms with Crippen molar-refractivity contribution in [1.29, 1.82) is 0 Å². The minimum atomic E-state index is -0.269. The zero-order valence-electron chi connectivity index (χ0n) is 22.1. The van der Waals surface area contributed by atoms with Crippen LogP contribution >= 0.6 is 11.5 Å². The Labute approximate surface area is 237 Å². The van der Waals surface area contributed by atoms with E-state index >= 15 is 0 Å². The van der Waals surface area contributed by atoms with Gasteiger partial charge in [-0.15, -0.1) is 0 Å². The van der Waals surface area contributed by atoms with Crippen LogP contribution in [0, 0.1) is 5.82 Å². The Morgan fingerprint density at radius 3 is 2.27 bits per heavy atom. The maximum absolute atomic E-state index is 13.3. The van der Waals surface area contributed by atoms with Crippen LogP contribution in [0.2, 0.25) is 0 Å². The average molecular weight is 555 g/mol. The number of hydrogen-bond donors (Lipinski definition) is 1. The highest BCUT2D eigenvalue weighted by atomic mass is 32.1. The summed E-state index contributed by atoms with van der Waals surface area (Å²) < 4.78 is 23.3. The smallest absolute Gasteiger partial charge is 0.221 e. The summed E-state index contributed by atoms with van der Waals surface area (Å²) >= 11 is 1.29. The van der Waals surface area contributed by atoms with Gasteiger partial charge in [-0.2, -0.15) is 4.37 Å². The zero-order valence-corrected chi connectivity index (χ0v) is 22.9. The van der Waals surface area contributed by atoms with Crippen LogP contribution in [0.4, 0.5) is 9.52 Å². The Morgan fingerprint density at radius 1 is 0.925 bits per heavy atom. The Balaban J connectivity index is 1.18. The van der Waals surface area contributed by atoms with Gasteiger partial charge < -0.3 is 14.6 Å². The van der Waals surface area contributed by atoms with Crippen molar-refractivity contribution in [3.8, 4) is 0 Å². The molecule has 2 heterocycles. The molecule has 5 rings (SSSR count). The Bertz CT molecular complexity index is 1420. The summed E-state index contributed by atoms with van der Waals surface area (Å²) in [5.74, 6) is 1.37. The number of benzene rings is 3. The van der Waals surface area contributed by atoms with Crippen LogP contribution in [-0.2, 0) is 17.8 Å². The summed E-state index contributed by atoms with van der Waals surface area (Å²) in [6, 6.07) is 30.9. The first-order valence-corrected chi connectivity index (χ1v) is 14.1. The molecule has 0 atom stereocenters. The molecule has 8 heteroatoms. The first-order valence-electron chi connectivity index (χ1n) is 13.3. The minimum absolute atomic E-state index is 0.0135. The van der Waals surface area contributed by atoms with Gasteiger partial charge in [0, 0.05) is 43.4 Å². The lowest BCUT2D eigenvalue weighted by atomic mass is 9.88. The number of hydrogen-bond acceptors (Lipinski definition) is 6. The zero-order chi connectivity index (χ0) is 27.6. The molecule has 0 aliphatic heterocycles. The predicted octanol–water partition coefficient (Wildman–Crippen LogP) is 6.60. The summed E-state index contributed by atoms with van der Waals surface area (Å²) in [7, 11) is 0. The number of aromatic nitrogens is 2. The van der Waals surface area contributed by atoms with E-state index in [9.17, 15) is 9.18 Å². The van der Waals surface area contributed by atoms with Crippen LogP contribution in [0.3, 0.4) is 0 Å². The molecule has 0 bridgehead atoms. The van der Waals surface area contributed by atoms with E-state index in [2.05, 4.69) is 58.2 Å². The van der Waals surface area contributed by atoms with Gasteiger partial charge in [-0.05, 0) is 47.4 Å². The SMILES string of the molecule is O=C(CCN(Cc1ccco1)c1nc(Cc2ccc(F)cc2)ns1)NCCC(c1ccccc1)c1ccccc1. The van der Waals surface area contributed by atoms with E-state index in [-0.39, 0.29) is 17.6 Å². The molecule has 204 valence electrons. The van der Waals surface area contributed by atoms with E-state index in [1.807, 2.05) is 29.2 Å². The van der Waals surface area contributed by atoms with Gasteiger partial charge in [0.25, 0.3) is 0 Å². The van der Waals surface area contributed by atoms with Crippen LogP contribution in [-0.4, -0.2) is 28.4 Å². The van der Waals surface area contributed by atoms with Crippen molar-refractivity contribution >= 4 is 22.6 Å². The third-order valence-corrected chi connectivity index (χ3v) is 7.51. The van der Waals surface area contributed by atoms with Crippen molar-refractivity contribution in [2.24, 2.45) is 0 Å². The predicted molar refractivity (Wildman–Crippen MR) is 156 cm³/mol. The van der Waals surface area contributed by atoms with Crippen molar-refractivity contribution in [3.05, 3.63) is 137 Å². The average Bonchev–Trinajstić information content (AvgIpc) is 3.68. The quantitative estimate of drug-likeness (QED) is 0.178. The Hall–Kier alpha value is -4.30. The number of anilines is 1. The number of furan rings is 1. The maximum atomic E-state index is 13.3. The number of carbonyl (C=O) groups excluding carboxylic acids is 1. The molecular formula is C32H31FN4O2S. The molecule has 0 aliphatic carbocycles. The highest BCUT2D eigenvalue weighted by molar-refractivity contribution is 7.09. The van der Waals surface area contributed by atoms with Gasteiger partial charge in [0.1, 0.15) is 17.4 Å². The summed E-state index contributed by atoms with van der Waals surface area (Å²) in [4.78, 5) is 19.6. The Morgan fingerprint density at radius 2 is 1.62 bits per heavy atom. The van der Waals surface area contributed by atoms with Crippen LogP contribution in [0.5, 0.6) is 0 Å². The summed E-state index contributed by atoms with van der Waals surface area (Å²) in [6.45, 7) is 1.53. The van der Waals surface area contributed by atoms with Gasteiger partial charge in [0.15, 0.2) is 0 Å². The number of carbonyl (C=O) groups is 1. The number of amides is 1. The van der Waals surface area contributed by atoms with Gasteiger partial charge in [-0.25, -0.2) is 9.37 Å². The maximum Gasteiger partial charge on any atom is 0.221 e. The number of nitrogens with one attached hydrogen (secondary N) is 1. The second kappa shape index (κ2) is 13.7. The normalized spacial score (nSPS) is 11.1. The van der Waals surface area contributed by atoms with Gasteiger partial charge in [0.05, 0.1) is 12.8 Å². The molecule has 6 nitrogen and oxygen atoms in total. The molecule has 0 spiro atoms. The van der Waals surface area contributed by atoms with E-state index in [0.717, 1.165) is 22.9 Å². The topological polar surface area (TPSA) is 71.3 Å². The van der Waals surface area contributed by atoms with Gasteiger partial charge in [-0.3, -0.25) is 4.79 Å². The van der Waals surface area contributed by atoms with Crippen LogP contribution in [0.1, 0.15) is 47.0 Å². The van der Waals surface area contributed by atoms with E-state index in [1.165, 1.54) is 34.8 Å². The summed E-state index contributed by atoms with van der Waals surface area (Å²) in [6.07, 6.45) is 3.26. The minimum Gasteiger partial charge on any atom is -0.467 e. The van der Waals surface area contributed by atoms with Crippen molar-refractivity contribution in [3.63, 3.8) is 0 Å². The third-order valence-electron chi connectivity index (χ3n) is 6.70. The fourth-order valence-electron chi connectivity index (χ4n) is 4.64. The highest BCUT2D eigenvalue weighted by Crippen LogP contribution is 2.27. The lowest BCUT2D eigenvalue weighted by Crippen LogP contribution is -2.31. The van der Waals surface area contributed by atoms with Crippen molar-refractivity contribution in [2.45, 2.75) is 31.7 Å². The first-order chi connectivity index (χ1) is 19.6. The fraction of sp³-hybridized carbons (Fsp3) is 0.219. The lowest BCUT2D eigenvalue weighted by molar-refractivity contribution is -0.120. The molecule has 1 amide bonds. The standard InChI is InChI=1S/C32H31FN4O2S/c33-27-15-13-24(14-16-27)22-30-35-32(40-36-30)37(23-28-12-7-21-39-28)20-18-31(38)34-19-17-29(25-8-3-1-4-9-25)26-10-5-2-6-11-26/h1-16,21,29H,17-20,22-23H2,(H,34,38). The largest absolute Gasteiger partial charge is 0.467 e. The second-order valence-electron chi connectivity index (χ2n) is 9.56. The third kappa shape index (κ3) is 7.64. The first kappa shape index (κ1) is 27.3. The summed E-state index contributed by atoms with van der Waals surface area (Å²) in [5.41, 5.74) is 3.41. The van der Waals surface area contributed by atoms with Gasteiger partial charge in [-0.1, -0.05) is 72.8 Å². The molecule has 0 saturated heterocycles. The molecule has 0 unspecified atom stereocenters. The van der Waals surface area contributed by atoms with Crippen molar-refractivity contribution in [1.82, 2.24) is 14.7 Å². The molecule has 0 aliphatic rings. The van der Waals surface area contributed by atoms with Crippen LogP contribution in [0.25, 0.3) is 0 Å². The highest BCUT2D eigenvalue weighted by Gasteiger charge is 2.18. The number of rotatable bonds is 13. The lowest BCUT2D eigenvalue weighted by Gasteiger charge is -2.21. The number of halogens is 1. The molecule has 0 radical (unpaired) electrons. The molecule has 1 N–H and O–H groups in total. The van der Waals surface area contributed by atoms with E-state index in [1.54, 1.807) is 18.4 Å². The fourth-order valence-corrected chi connectivity index (χ4v) is 5.35. The molecule has 5 aromatic rings. The van der Waals surface area contributed by atoms with Gasteiger partial charge in [0.2, 0.25) is 11.0 Å². The second-order valence-corrected chi connectivity index (χ2v) is 10.3.